The Morgan fingerprint density at radius 2 is 1.73 bits per heavy atom. The van der Waals surface area contributed by atoms with Crippen molar-refractivity contribution in [3.63, 3.8) is 0 Å². The van der Waals surface area contributed by atoms with Crippen molar-refractivity contribution < 1.29 is 33.9 Å². The Balaban J connectivity index is 1.55. The van der Waals surface area contributed by atoms with Gasteiger partial charge in [-0.15, -0.1) is 5.10 Å². The van der Waals surface area contributed by atoms with E-state index in [1.807, 2.05) is 30.3 Å². The summed E-state index contributed by atoms with van der Waals surface area (Å²) in [5.74, 6) is -2.82. The molecule has 0 radical (unpaired) electrons. The molecule has 52 heavy (non-hydrogen) atoms. The number of carboxylic acids is 1. The summed E-state index contributed by atoms with van der Waals surface area (Å²) in [7, 11) is 1.65. The lowest BCUT2D eigenvalue weighted by molar-refractivity contribution is -0.142. The summed E-state index contributed by atoms with van der Waals surface area (Å²) in [5, 5.41) is 32.1. The average Bonchev–Trinajstić information content (AvgIpc) is 3.81. The van der Waals surface area contributed by atoms with Crippen molar-refractivity contribution in [1.29, 1.82) is 0 Å². The van der Waals surface area contributed by atoms with Crippen LogP contribution in [-0.4, -0.2) is 136 Å². The van der Waals surface area contributed by atoms with E-state index in [9.17, 15) is 33.9 Å². The predicted molar refractivity (Wildman–Crippen MR) is 190 cm³/mol. The molecule has 1 aromatic heterocycles. The smallest absolute Gasteiger partial charge is 0.317 e. The largest absolute Gasteiger partial charge is 0.480 e. The Morgan fingerprint density at radius 1 is 0.942 bits per heavy atom. The van der Waals surface area contributed by atoms with E-state index in [4.69, 9.17) is 0 Å². The number of aromatic nitrogens is 3. The van der Waals surface area contributed by atoms with Crippen LogP contribution in [0.5, 0.6) is 0 Å². The van der Waals surface area contributed by atoms with Crippen LogP contribution in [0.15, 0.2) is 36.5 Å². The van der Waals surface area contributed by atoms with Gasteiger partial charge >= 0.3 is 5.97 Å². The number of hydrogen-bond donors (Lipinski definition) is 6. The molecule has 4 atom stereocenters. The SMILES string of the molecule is CNC(C)C(=O)NC1CCCCNC(=O)CCc2cn(nn2)CCN(CC(=O)O)CCNC(=O)C(Cc2ccccc2)NC(=O)C2CCCN2C1=O. The zero-order chi connectivity index (χ0) is 37.5. The van der Waals surface area contributed by atoms with Crippen molar-refractivity contribution in [2.75, 3.05) is 46.3 Å². The fourth-order valence-corrected chi connectivity index (χ4v) is 6.27. The van der Waals surface area contributed by atoms with Crippen LogP contribution in [0.3, 0.4) is 0 Å². The molecule has 2 aliphatic heterocycles. The molecule has 1 aromatic carbocycles. The summed E-state index contributed by atoms with van der Waals surface area (Å²) in [6.07, 6.45) is 4.87. The Hall–Kier alpha value is -4.90. The molecule has 5 amide bonds. The number of hydrogen-bond acceptors (Lipinski definition) is 10. The molecule has 1 fully saturated rings. The number of likely N-dealkylation sites (N-methyl/N-ethyl adjacent to an activating group) is 1. The molecular weight excluding hydrogens is 672 g/mol. The maximum Gasteiger partial charge on any atom is 0.317 e. The molecule has 0 spiro atoms. The summed E-state index contributed by atoms with van der Waals surface area (Å²) in [6, 6.07) is 6.00. The molecule has 0 saturated carbocycles. The van der Waals surface area contributed by atoms with Crippen LogP contribution in [-0.2, 0) is 48.2 Å². The third-order valence-corrected chi connectivity index (χ3v) is 9.36. The van der Waals surface area contributed by atoms with Gasteiger partial charge < -0.3 is 36.6 Å². The molecule has 3 heterocycles. The second kappa shape index (κ2) is 20.2. The summed E-state index contributed by atoms with van der Waals surface area (Å²) < 4.78 is 1.59. The van der Waals surface area contributed by atoms with E-state index >= 15 is 0 Å². The van der Waals surface area contributed by atoms with E-state index in [0.717, 1.165) is 5.56 Å². The van der Waals surface area contributed by atoms with Crippen LogP contribution >= 0.6 is 0 Å². The number of amides is 5. The standard InChI is InChI=1S/C35H52N10O7/c1-24(36-2)32(49)39-27-11-6-7-15-37-30(46)14-13-26-22-44(42-41-26)20-19-43(23-31(47)48)18-16-38-33(50)28(21-25-9-4-3-5-10-25)40-34(51)29-12-8-17-45(29)35(27)52/h3-5,9-10,22,24,27-29,36H,6-8,11-21,23H2,1-2H3,(H,37,46)(H,38,50)(H,39,49)(H,40,51)(H,47,48). The van der Waals surface area contributed by atoms with E-state index < -0.39 is 42.0 Å². The maximum absolute atomic E-state index is 14.0. The van der Waals surface area contributed by atoms with Gasteiger partial charge in [-0.05, 0) is 51.6 Å². The van der Waals surface area contributed by atoms with E-state index in [-0.39, 0.29) is 50.2 Å². The van der Waals surface area contributed by atoms with Crippen molar-refractivity contribution in [2.24, 2.45) is 0 Å². The Bertz CT molecular complexity index is 1520. The second-order valence-electron chi connectivity index (χ2n) is 13.3. The number of nitrogens with one attached hydrogen (secondary N) is 5. The zero-order valence-electron chi connectivity index (χ0n) is 30.0. The molecule has 2 aliphatic rings. The lowest BCUT2D eigenvalue weighted by Gasteiger charge is -2.30. The normalized spacial score (nSPS) is 22.9. The molecular formula is C35H52N10O7. The Morgan fingerprint density at radius 3 is 2.48 bits per heavy atom. The topological polar surface area (TPSA) is 220 Å². The van der Waals surface area contributed by atoms with E-state index in [1.54, 1.807) is 29.7 Å². The van der Waals surface area contributed by atoms with E-state index in [1.165, 1.54) is 4.90 Å². The number of aliphatic carboxylic acids is 1. The van der Waals surface area contributed by atoms with Gasteiger partial charge in [0.2, 0.25) is 29.5 Å². The number of nitrogens with zero attached hydrogens (tertiary/aromatic N) is 5. The fraction of sp³-hybridized carbons (Fsp3) is 0.600. The Labute approximate surface area is 303 Å². The van der Waals surface area contributed by atoms with Crippen LogP contribution in [0.2, 0.25) is 0 Å². The number of carbonyl (C=O) groups is 6. The number of aryl methyl sites for hydroxylation is 1. The van der Waals surface area contributed by atoms with Gasteiger partial charge in [-0.2, -0.15) is 0 Å². The third-order valence-electron chi connectivity index (χ3n) is 9.36. The number of carboxylic acid groups (broad SMARTS) is 1. The van der Waals surface area contributed by atoms with Gasteiger partial charge in [-0.1, -0.05) is 35.5 Å². The number of carbonyl (C=O) groups excluding carboxylic acids is 5. The molecule has 6 N–H and O–H groups in total. The quantitative estimate of drug-likeness (QED) is 0.200. The Kier molecular flexibility index (Phi) is 15.5. The van der Waals surface area contributed by atoms with Gasteiger partial charge in [0.1, 0.15) is 18.1 Å². The van der Waals surface area contributed by atoms with Gasteiger partial charge in [0, 0.05) is 58.2 Å². The van der Waals surface area contributed by atoms with Crippen molar-refractivity contribution in [3.05, 3.63) is 47.8 Å². The second-order valence-corrected chi connectivity index (χ2v) is 13.3. The highest BCUT2D eigenvalue weighted by atomic mass is 16.4. The van der Waals surface area contributed by atoms with Crippen LogP contribution in [0.1, 0.15) is 56.7 Å². The highest BCUT2D eigenvalue weighted by Crippen LogP contribution is 2.21. The molecule has 1 saturated heterocycles. The van der Waals surface area contributed by atoms with Crippen molar-refractivity contribution in [2.45, 2.75) is 89.0 Å². The minimum atomic E-state index is -1.02. The molecule has 2 aromatic rings. The molecule has 17 heteroatoms. The van der Waals surface area contributed by atoms with Gasteiger partial charge in [0.15, 0.2) is 0 Å². The van der Waals surface area contributed by atoms with Crippen LogP contribution in [0.4, 0.5) is 0 Å². The average molecular weight is 725 g/mol. The monoisotopic (exact) mass is 724 g/mol. The van der Waals surface area contributed by atoms with Gasteiger partial charge in [0.25, 0.3) is 0 Å². The highest BCUT2D eigenvalue weighted by Gasteiger charge is 2.39. The number of rotatable bonds is 7. The highest BCUT2D eigenvalue weighted by molar-refractivity contribution is 5.95. The first-order chi connectivity index (χ1) is 25.0. The van der Waals surface area contributed by atoms with Crippen molar-refractivity contribution in [3.8, 4) is 0 Å². The van der Waals surface area contributed by atoms with Gasteiger partial charge in [-0.25, -0.2) is 0 Å². The zero-order valence-corrected chi connectivity index (χ0v) is 30.0. The summed E-state index contributed by atoms with van der Waals surface area (Å²) in [5.41, 5.74) is 1.45. The molecule has 17 nitrogen and oxygen atoms in total. The molecule has 0 aliphatic carbocycles. The molecule has 284 valence electrons. The van der Waals surface area contributed by atoms with Crippen molar-refractivity contribution >= 4 is 35.5 Å². The minimum absolute atomic E-state index is 0.117. The van der Waals surface area contributed by atoms with Gasteiger partial charge in [0.05, 0.1) is 24.8 Å². The fourth-order valence-electron chi connectivity index (χ4n) is 6.27. The minimum Gasteiger partial charge on any atom is -0.480 e. The van der Waals surface area contributed by atoms with Gasteiger partial charge in [-0.3, -0.25) is 38.3 Å². The summed E-state index contributed by atoms with van der Waals surface area (Å²) in [6.45, 7) is 3.13. The third kappa shape index (κ3) is 12.4. The van der Waals surface area contributed by atoms with Crippen LogP contribution in [0, 0.1) is 0 Å². The van der Waals surface area contributed by atoms with E-state index in [0.29, 0.717) is 70.4 Å². The van der Waals surface area contributed by atoms with Crippen molar-refractivity contribution in [1.82, 2.24) is 51.4 Å². The number of benzene rings is 1. The summed E-state index contributed by atoms with van der Waals surface area (Å²) >= 11 is 0. The molecule has 4 unspecified atom stereocenters. The lowest BCUT2D eigenvalue weighted by atomic mass is 10.0. The lowest BCUT2D eigenvalue weighted by Crippen LogP contribution is -2.57. The first-order valence-corrected chi connectivity index (χ1v) is 18.0. The van der Waals surface area contributed by atoms with E-state index in [2.05, 4.69) is 36.9 Å². The molecule has 2 bridgehead atoms. The molecule has 4 rings (SSSR count). The summed E-state index contributed by atoms with van der Waals surface area (Å²) in [4.78, 5) is 81.7. The van der Waals surface area contributed by atoms with Crippen LogP contribution < -0.4 is 26.6 Å². The maximum atomic E-state index is 14.0. The van der Waals surface area contributed by atoms with Crippen LogP contribution in [0.25, 0.3) is 0 Å². The number of fused-ring (bicyclic) bond motifs is 3. The first-order valence-electron chi connectivity index (χ1n) is 18.0. The first kappa shape index (κ1) is 39.9. The predicted octanol–water partition coefficient (Wildman–Crippen LogP) is -1.18.